The van der Waals surface area contributed by atoms with Gasteiger partial charge in [-0.05, 0) is 37.1 Å². The summed E-state index contributed by atoms with van der Waals surface area (Å²) in [5, 5.41) is 23.3. The summed E-state index contributed by atoms with van der Waals surface area (Å²) in [7, 11) is 0. The third-order valence-corrected chi connectivity index (χ3v) is 6.06. The van der Waals surface area contributed by atoms with E-state index in [9.17, 15) is 18.0 Å². The summed E-state index contributed by atoms with van der Waals surface area (Å²) in [4.78, 5) is 26.3. The van der Waals surface area contributed by atoms with Crippen LogP contribution in [-0.4, -0.2) is 48.0 Å². The number of carboxylic acid groups (broad SMARTS) is 1. The molecular formula is C25H21ClF3N7O3. The molecule has 1 atom stereocenters. The molecule has 39 heavy (non-hydrogen) atoms. The van der Waals surface area contributed by atoms with Crippen LogP contribution >= 0.6 is 11.6 Å². The molecule has 0 spiro atoms. The fraction of sp³-hybridized carbons (Fsp3) is 0.160. The number of aliphatic carboxylic acids is 1. The van der Waals surface area contributed by atoms with Crippen molar-refractivity contribution >= 4 is 45.8 Å². The monoisotopic (exact) mass is 559 g/mol. The minimum Gasteiger partial charge on any atom is -0.475 e. The fourth-order valence-corrected chi connectivity index (χ4v) is 4.39. The van der Waals surface area contributed by atoms with E-state index in [4.69, 9.17) is 27.2 Å². The SMILES string of the molecule is Cc1[nH]nc2c(-c3ccccc3)c(C(C)NC(=O)c3c(N)nn4cccnc34)cc(Cl)c12.O=C(O)C(F)(F)F. The van der Waals surface area contributed by atoms with Gasteiger partial charge in [-0.3, -0.25) is 9.89 Å². The number of aromatic nitrogens is 5. The van der Waals surface area contributed by atoms with Crippen molar-refractivity contribution in [2.45, 2.75) is 26.1 Å². The molecule has 0 aliphatic rings. The quantitative estimate of drug-likeness (QED) is 0.243. The summed E-state index contributed by atoms with van der Waals surface area (Å²) >= 11 is 6.64. The summed E-state index contributed by atoms with van der Waals surface area (Å²) in [5.41, 5.74) is 11.0. The molecular weight excluding hydrogens is 539 g/mol. The van der Waals surface area contributed by atoms with Crippen LogP contribution in [0.3, 0.4) is 0 Å². The molecule has 0 saturated heterocycles. The highest BCUT2D eigenvalue weighted by molar-refractivity contribution is 6.36. The van der Waals surface area contributed by atoms with Crippen molar-refractivity contribution in [3.63, 3.8) is 0 Å². The number of fused-ring (bicyclic) bond motifs is 2. The van der Waals surface area contributed by atoms with Gasteiger partial charge in [0.25, 0.3) is 5.91 Å². The lowest BCUT2D eigenvalue weighted by Crippen LogP contribution is -2.27. The lowest BCUT2D eigenvalue weighted by atomic mass is 9.92. The number of benzene rings is 2. The van der Waals surface area contributed by atoms with Crippen molar-refractivity contribution in [1.82, 2.24) is 30.1 Å². The minimum absolute atomic E-state index is 0.119. The second-order valence-corrected chi connectivity index (χ2v) is 8.81. The highest BCUT2D eigenvalue weighted by Gasteiger charge is 2.38. The molecule has 0 aliphatic heterocycles. The molecule has 0 saturated carbocycles. The molecule has 1 amide bonds. The summed E-state index contributed by atoms with van der Waals surface area (Å²) in [5.74, 6) is -3.00. The van der Waals surface area contributed by atoms with Crippen molar-refractivity contribution in [2.75, 3.05) is 5.73 Å². The smallest absolute Gasteiger partial charge is 0.475 e. The van der Waals surface area contributed by atoms with Gasteiger partial charge in [-0.2, -0.15) is 18.3 Å². The number of carbonyl (C=O) groups excluding carboxylic acids is 1. The molecule has 5 aromatic rings. The zero-order valence-electron chi connectivity index (χ0n) is 20.4. The van der Waals surface area contributed by atoms with Crippen molar-refractivity contribution in [2.24, 2.45) is 0 Å². The van der Waals surface area contributed by atoms with Crippen molar-refractivity contribution in [1.29, 1.82) is 0 Å². The Labute approximate surface area is 223 Å². The van der Waals surface area contributed by atoms with Crippen molar-refractivity contribution in [3.05, 3.63) is 76.7 Å². The van der Waals surface area contributed by atoms with Gasteiger partial charge in [-0.15, -0.1) is 5.10 Å². The van der Waals surface area contributed by atoms with Crippen LogP contribution in [0, 0.1) is 6.92 Å². The van der Waals surface area contributed by atoms with Crippen LogP contribution in [0.5, 0.6) is 0 Å². The van der Waals surface area contributed by atoms with Crippen LogP contribution in [0.25, 0.3) is 27.7 Å². The Bertz CT molecular complexity index is 1680. The van der Waals surface area contributed by atoms with Crippen LogP contribution in [-0.2, 0) is 4.79 Å². The Morgan fingerprint density at radius 3 is 2.51 bits per heavy atom. The molecule has 202 valence electrons. The number of rotatable bonds is 4. The number of nitrogens with one attached hydrogen (secondary N) is 2. The van der Waals surface area contributed by atoms with E-state index in [-0.39, 0.29) is 17.3 Å². The number of hydrogen-bond donors (Lipinski definition) is 4. The van der Waals surface area contributed by atoms with Gasteiger partial charge in [0.05, 0.1) is 11.1 Å². The minimum atomic E-state index is -5.08. The maximum Gasteiger partial charge on any atom is 0.490 e. The van der Waals surface area contributed by atoms with Crippen LogP contribution in [0.2, 0.25) is 5.02 Å². The van der Waals surface area contributed by atoms with E-state index in [1.165, 1.54) is 4.52 Å². The Morgan fingerprint density at radius 1 is 1.21 bits per heavy atom. The molecule has 0 bridgehead atoms. The second kappa shape index (κ2) is 10.6. The van der Waals surface area contributed by atoms with Gasteiger partial charge in [0.2, 0.25) is 0 Å². The Balaban J connectivity index is 0.000000448. The average molecular weight is 560 g/mol. The van der Waals surface area contributed by atoms with E-state index in [0.29, 0.717) is 10.7 Å². The molecule has 0 aliphatic carbocycles. The van der Waals surface area contributed by atoms with Gasteiger partial charge in [-0.25, -0.2) is 14.3 Å². The number of nitrogens with zero attached hydrogens (tertiary/aromatic N) is 4. The molecule has 5 rings (SSSR count). The predicted octanol–water partition coefficient (Wildman–Crippen LogP) is 4.94. The zero-order chi connectivity index (χ0) is 28.5. The number of alkyl halides is 3. The molecule has 10 nitrogen and oxygen atoms in total. The highest BCUT2D eigenvalue weighted by Crippen LogP contribution is 2.39. The first-order valence-electron chi connectivity index (χ1n) is 11.3. The third kappa shape index (κ3) is 5.48. The number of hydrogen-bond acceptors (Lipinski definition) is 6. The number of nitrogen functional groups attached to an aromatic ring is 1. The summed E-state index contributed by atoms with van der Waals surface area (Å²) in [6.07, 6.45) is -1.79. The lowest BCUT2D eigenvalue weighted by molar-refractivity contribution is -0.192. The third-order valence-electron chi connectivity index (χ3n) is 5.76. The topological polar surface area (TPSA) is 151 Å². The molecule has 5 N–H and O–H groups in total. The Kier molecular flexibility index (Phi) is 7.45. The van der Waals surface area contributed by atoms with E-state index in [0.717, 1.165) is 33.3 Å². The number of anilines is 1. The molecule has 0 fully saturated rings. The first-order valence-corrected chi connectivity index (χ1v) is 11.7. The van der Waals surface area contributed by atoms with E-state index < -0.39 is 18.2 Å². The Hall–Kier alpha value is -4.65. The van der Waals surface area contributed by atoms with Gasteiger partial charge in [0.15, 0.2) is 11.5 Å². The van der Waals surface area contributed by atoms with Crippen LogP contribution in [0.1, 0.15) is 34.6 Å². The van der Waals surface area contributed by atoms with Crippen LogP contribution in [0.4, 0.5) is 19.0 Å². The molecule has 1 unspecified atom stereocenters. The van der Waals surface area contributed by atoms with E-state index >= 15 is 0 Å². The maximum absolute atomic E-state index is 13.2. The largest absolute Gasteiger partial charge is 0.490 e. The number of amides is 1. The van der Waals surface area contributed by atoms with E-state index in [1.807, 2.05) is 50.2 Å². The zero-order valence-corrected chi connectivity index (χ0v) is 21.2. The first-order chi connectivity index (χ1) is 18.4. The van der Waals surface area contributed by atoms with Gasteiger partial charge in [0, 0.05) is 29.0 Å². The predicted molar refractivity (Wildman–Crippen MR) is 138 cm³/mol. The van der Waals surface area contributed by atoms with Crippen LogP contribution < -0.4 is 11.1 Å². The normalized spacial score (nSPS) is 12.2. The number of carbonyl (C=O) groups is 2. The van der Waals surface area contributed by atoms with Crippen molar-refractivity contribution < 1.29 is 27.9 Å². The lowest BCUT2D eigenvalue weighted by Gasteiger charge is -2.19. The van der Waals surface area contributed by atoms with E-state index in [1.54, 1.807) is 18.5 Å². The van der Waals surface area contributed by atoms with Gasteiger partial charge in [0.1, 0.15) is 11.1 Å². The van der Waals surface area contributed by atoms with Gasteiger partial charge < -0.3 is 16.2 Å². The maximum atomic E-state index is 13.2. The molecule has 0 radical (unpaired) electrons. The summed E-state index contributed by atoms with van der Waals surface area (Å²) in [6, 6.07) is 13.1. The molecule has 3 heterocycles. The number of nitrogens with two attached hydrogens (primary N) is 1. The number of carboxylic acids is 1. The first kappa shape index (κ1) is 27.4. The summed E-state index contributed by atoms with van der Waals surface area (Å²) < 4.78 is 33.2. The molecule has 3 aromatic heterocycles. The van der Waals surface area contributed by atoms with Crippen molar-refractivity contribution in [3.8, 4) is 11.1 Å². The standard InChI is InChI=1S/C23H20ClN7O.C2HF3O2/c1-12(27-23(32)19-21(25)30-31-10-6-9-26-22(19)31)15-11-16(24)17-13(2)28-29-20(17)18(15)14-7-4-3-5-8-14;3-2(4,5)1(6)7/h3-12H,1-2H3,(H2,25,30)(H,27,32)(H,28,29);(H,6,7). The number of aromatic amines is 1. The van der Waals surface area contributed by atoms with Crippen LogP contribution in [0.15, 0.2) is 54.9 Å². The van der Waals surface area contributed by atoms with Gasteiger partial charge >= 0.3 is 12.1 Å². The fourth-order valence-electron chi connectivity index (χ4n) is 4.04. The van der Waals surface area contributed by atoms with E-state index in [2.05, 4.69) is 25.6 Å². The average Bonchev–Trinajstić information content (AvgIpc) is 3.43. The molecule has 2 aromatic carbocycles. The number of aryl methyl sites for hydroxylation is 1. The number of halogens is 4. The molecule has 14 heteroatoms. The van der Waals surface area contributed by atoms with Gasteiger partial charge in [-0.1, -0.05) is 41.9 Å². The number of H-pyrrole nitrogens is 1. The second-order valence-electron chi connectivity index (χ2n) is 8.41. The Morgan fingerprint density at radius 2 is 1.87 bits per heavy atom. The summed E-state index contributed by atoms with van der Waals surface area (Å²) in [6.45, 7) is 3.83. The highest BCUT2D eigenvalue weighted by atomic mass is 35.5.